The van der Waals surface area contributed by atoms with E-state index in [2.05, 4.69) is 25.9 Å². The zero-order chi connectivity index (χ0) is 13.7. The minimum absolute atomic E-state index is 0.0766. The summed E-state index contributed by atoms with van der Waals surface area (Å²) >= 11 is 0. The third kappa shape index (κ3) is 3.14. The Kier molecular flexibility index (Phi) is 4.19. The van der Waals surface area contributed by atoms with Crippen LogP contribution in [0.4, 0.5) is 0 Å². The number of nitrogens with one attached hydrogen (secondary N) is 2. The fraction of sp³-hybridized carbons (Fsp3) is 0.333. The van der Waals surface area contributed by atoms with Gasteiger partial charge in [-0.25, -0.2) is 0 Å². The number of carbonyl (C=O) groups is 1. The number of hydrogen-bond donors (Lipinski definition) is 3. The van der Waals surface area contributed by atoms with E-state index in [-0.39, 0.29) is 18.6 Å². The van der Waals surface area contributed by atoms with Crippen LogP contribution in [0.25, 0.3) is 11.4 Å². The molecule has 19 heavy (non-hydrogen) atoms. The van der Waals surface area contributed by atoms with Crippen molar-refractivity contribution in [1.82, 2.24) is 25.9 Å². The third-order valence-electron chi connectivity index (χ3n) is 2.78. The first-order chi connectivity index (χ1) is 9.24. The highest BCUT2D eigenvalue weighted by atomic mass is 16.3. The van der Waals surface area contributed by atoms with Crippen LogP contribution in [0.2, 0.25) is 0 Å². The number of aliphatic hydroxyl groups is 1. The minimum Gasteiger partial charge on any atom is -0.394 e. The summed E-state index contributed by atoms with van der Waals surface area (Å²) in [5.41, 5.74) is 1.20. The van der Waals surface area contributed by atoms with Crippen LogP contribution < -0.4 is 5.32 Å². The van der Waals surface area contributed by atoms with Crippen LogP contribution >= 0.6 is 0 Å². The lowest BCUT2D eigenvalue weighted by Gasteiger charge is -2.14. The number of aromatic nitrogens is 4. The molecule has 0 bridgehead atoms. The molecule has 0 aliphatic heterocycles. The van der Waals surface area contributed by atoms with Gasteiger partial charge < -0.3 is 10.4 Å². The number of tetrazole rings is 1. The largest absolute Gasteiger partial charge is 0.394 e. The molecule has 0 saturated carbocycles. The number of amides is 1. The van der Waals surface area contributed by atoms with Crippen LogP contribution in [0.1, 0.15) is 23.7 Å². The van der Waals surface area contributed by atoms with Gasteiger partial charge in [0.05, 0.1) is 12.6 Å². The molecule has 0 unspecified atom stereocenters. The van der Waals surface area contributed by atoms with Crippen molar-refractivity contribution in [3.05, 3.63) is 29.8 Å². The van der Waals surface area contributed by atoms with Gasteiger partial charge in [0.2, 0.25) is 5.82 Å². The van der Waals surface area contributed by atoms with Crippen molar-refractivity contribution in [2.45, 2.75) is 19.4 Å². The van der Waals surface area contributed by atoms with Crippen molar-refractivity contribution in [3.8, 4) is 11.4 Å². The van der Waals surface area contributed by atoms with Gasteiger partial charge in [0, 0.05) is 11.1 Å². The number of rotatable bonds is 5. The van der Waals surface area contributed by atoms with Crippen LogP contribution in [0.5, 0.6) is 0 Å². The first-order valence-corrected chi connectivity index (χ1v) is 6.00. The second-order valence-electron chi connectivity index (χ2n) is 4.08. The van der Waals surface area contributed by atoms with Gasteiger partial charge in [-0.15, -0.1) is 10.2 Å². The van der Waals surface area contributed by atoms with Crippen molar-refractivity contribution in [3.63, 3.8) is 0 Å². The molecule has 0 fully saturated rings. The lowest BCUT2D eigenvalue weighted by Crippen LogP contribution is -2.36. The summed E-state index contributed by atoms with van der Waals surface area (Å²) in [5, 5.41) is 25.4. The molecule has 2 rings (SSSR count). The first-order valence-electron chi connectivity index (χ1n) is 6.00. The summed E-state index contributed by atoms with van der Waals surface area (Å²) in [6.07, 6.45) is 0.673. The quantitative estimate of drug-likeness (QED) is 0.721. The minimum atomic E-state index is -0.235. The number of H-pyrrole nitrogens is 1. The van der Waals surface area contributed by atoms with Gasteiger partial charge in [-0.05, 0) is 23.8 Å². The van der Waals surface area contributed by atoms with E-state index in [1.807, 2.05) is 6.92 Å². The molecule has 0 aliphatic carbocycles. The average molecular weight is 261 g/mol. The third-order valence-corrected chi connectivity index (χ3v) is 2.78. The molecule has 1 atom stereocenters. The number of hydrogen-bond acceptors (Lipinski definition) is 5. The van der Waals surface area contributed by atoms with Crippen LogP contribution in [0.15, 0.2) is 24.3 Å². The molecule has 0 radical (unpaired) electrons. The van der Waals surface area contributed by atoms with E-state index in [1.54, 1.807) is 24.3 Å². The van der Waals surface area contributed by atoms with Gasteiger partial charge in [-0.2, -0.15) is 5.21 Å². The summed E-state index contributed by atoms with van der Waals surface area (Å²) in [6.45, 7) is 1.82. The number of nitrogens with zero attached hydrogens (tertiary/aromatic N) is 3. The van der Waals surface area contributed by atoms with Gasteiger partial charge in [0.25, 0.3) is 5.91 Å². The Morgan fingerprint density at radius 2 is 2.37 bits per heavy atom. The Hall–Kier alpha value is -2.28. The molecule has 1 heterocycles. The maximum absolute atomic E-state index is 12.0. The smallest absolute Gasteiger partial charge is 0.251 e. The fourth-order valence-electron chi connectivity index (χ4n) is 1.63. The van der Waals surface area contributed by atoms with Crippen LogP contribution in [-0.2, 0) is 0 Å². The Balaban J connectivity index is 2.17. The highest BCUT2D eigenvalue weighted by molar-refractivity contribution is 5.95. The van der Waals surface area contributed by atoms with E-state index in [0.717, 1.165) is 0 Å². The highest BCUT2D eigenvalue weighted by Gasteiger charge is 2.12. The van der Waals surface area contributed by atoms with Gasteiger partial charge in [0.1, 0.15) is 0 Å². The van der Waals surface area contributed by atoms with Gasteiger partial charge >= 0.3 is 0 Å². The molecular formula is C12H15N5O2. The second kappa shape index (κ2) is 6.05. The number of aromatic amines is 1. The monoisotopic (exact) mass is 261 g/mol. The van der Waals surface area contributed by atoms with E-state index in [9.17, 15) is 4.79 Å². The molecule has 100 valence electrons. The number of benzene rings is 1. The summed E-state index contributed by atoms with van der Waals surface area (Å²) in [4.78, 5) is 12.0. The molecule has 0 aliphatic rings. The Bertz CT molecular complexity index is 537. The Morgan fingerprint density at radius 1 is 1.53 bits per heavy atom. The Morgan fingerprint density at radius 3 is 3.00 bits per heavy atom. The molecule has 1 aromatic carbocycles. The van der Waals surface area contributed by atoms with Gasteiger partial charge in [0.15, 0.2) is 0 Å². The Labute approximate surface area is 110 Å². The molecule has 1 amide bonds. The maximum atomic E-state index is 12.0. The molecule has 0 spiro atoms. The van der Waals surface area contributed by atoms with E-state index >= 15 is 0 Å². The average Bonchev–Trinajstić information content (AvgIpc) is 2.99. The molecule has 3 N–H and O–H groups in total. The topological polar surface area (TPSA) is 104 Å². The lowest BCUT2D eigenvalue weighted by molar-refractivity contribution is 0.0915. The lowest BCUT2D eigenvalue weighted by atomic mass is 10.1. The number of carbonyl (C=O) groups excluding carboxylic acids is 1. The zero-order valence-electron chi connectivity index (χ0n) is 10.5. The zero-order valence-corrected chi connectivity index (χ0v) is 10.5. The fourth-order valence-corrected chi connectivity index (χ4v) is 1.63. The summed E-state index contributed by atoms with van der Waals surface area (Å²) in [6, 6.07) is 6.69. The maximum Gasteiger partial charge on any atom is 0.251 e. The molecule has 0 saturated heterocycles. The van der Waals surface area contributed by atoms with Gasteiger partial charge in [-0.3, -0.25) is 4.79 Å². The van der Waals surface area contributed by atoms with E-state index in [1.165, 1.54) is 0 Å². The van der Waals surface area contributed by atoms with Crippen molar-refractivity contribution in [1.29, 1.82) is 0 Å². The molecule has 2 aromatic rings. The van der Waals surface area contributed by atoms with Crippen molar-refractivity contribution < 1.29 is 9.90 Å². The van der Waals surface area contributed by atoms with Crippen LogP contribution in [0, 0.1) is 0 Å². The van der Waals surface area contributed by atoms with Gasteiger partial charge in [-0.1, -0.05) is 19.1 Å². The summed E-state index contributed by atoms with van der Waals surface area (Å²) in [5.74, 6) is 0.204. The summed E-state index contributed by atoms with van der Waals surface area (Å²) in [7, 11) is 0. The standard InChI is InChI=1S/C12H15N5O2/c1-2-10(7-18)13-12(19)9-5-3-4-8(6-9)11-14-16-17-15-11/h3-6,10,18H,2,7H2,1H3,(H,13,19)(H,14,15,16,17)/t10-/m0/s1. The van der Waals surface area contributed by atoms with E-state index in [4.69, 9.17) is 5.11 Å². The van der Waals surface area contributed by atoms with Crippen LogP contribution in [-0.4, -0.2) is 44.3 Å². The normalized spacial score (nSPS) is 12.1. The van der Waals surface area contributed by atoms with Crippen LogP contribution in [0.3, 0.4) is 0 Å². The van der Waals surface area contributed by atoms with E-state index < -0.39 is 0 Å². The van der Waals surface area contributed by atoms with Crippen molar-refractivity contribution in [2.24, 2.45) is 0 Å². The highest BCUT2D eigenvalue weighted by Crippen LogP contribution is 2.15. The first kappa shape index (κ1) is 13.2. The number of aliphatic hydroxyl groups excluding tert-OH is 1. The predicted molar refractivity (Wildman–Crippen MR) is 68.2 cm³/mol. The summed E-state index contributed by atoms with van der Waals surface area (Å²) < 4.78 is 0. The van der Waals surface area contributed by atoms with E-state index in [0.29, 0.717) is 23.4 Å². The predicted octanol–water partition coefficient (Wildman–Crippen LogP) is 0.367. The second-order valence-corrected chi connectivity index (χ2v) is 4.08. The molecule has 1 aromatic heterocycles. The molecule has 7 nitrogen and oxygen atoms in total. The SMILES string of the molecule is CC[C@@H](CO)NC(=O)c1cccc(-c2nn[nH]n2)c1. The molecular weight excluding hydrogens is 246 g/mol. The molecule has 7 heteroatoms. The van der Waals surface area contributed by atoms with Crippen molar-refractivity contribution in [2.75, 3.05) is 6.61 Å². The van der Waals surface area contributed by atoms with Crippen molar-refractivity contribution >= 4 is 5.91 Å².